The minimum absolute atomic E-state index is 0.126. The Kier molecular flexibility index (Phi) is 3.42. The summed E-state index contributed by atoms with van der Waals surface area (Å²) in [5, 5.41) is 12.7. The molecule has 0 bridgehead atoms. The van der Waals surface area contributed by atoms with Gasteiger partial charge in [0.25, 0.3) is 5.89 Å². The Morgan fingerprint density at radius 1 is 1.04 bits per heavy atom. The zero-order valence-corrected chi connectivity index (χ0v) is 14.7. The molecule has 0 spiro atoms. The average Bonchev–Trinajstić information content (AvgIpc) is 3.21. The number of aryl methyl sites for hydroxylation is 1. The van der Waals surface area contributed by atoms with Gasteiger partial charge in [-0.05, 0) is 51.5 Å². The fraction of sp³-hybridized carbons (Fsp3) is 0.263. The van der Waals surface area contributed by atoms with E-state index >= 15 is 0 Å². The number of aromatic nitrogens is 5. The summed E-state index contributed by atoms with van der Waals surface area (Å²) in [6, 6.07) is 13.9. The fourth-order valence-corrected chi connectivity index (χ4v) is 2.83. The van der Waals surface area contributed by atoms with Crippen LogP contribution in [-0.2, 0) is 5.54 Å². The molecule has 0 saturated carbocycles. The second-order valence-corrected chi connectivity index (χ2v) is 7.11. The monoisotopic (exact) mass is 333 g/mol. The van der Waals surface area contributed by atoms with Crippen molar-refractivity contribution in [1.29, 1.82) is 0 Å². The van der Waals surface area contributed by atoms with Gasteiger partial charge >= 0.3 is 0 Å². The lowest BCUT2D eigenvalue weighted by atomic mass is 10.1. The highest BCUT2D eigenvalue weighted by molar-refractivity contribution is 5.80. The zero-order valence-electron chi connectivity index (χ0n) is 14.7. The highest BCUT2D eigenvalue weighted by Gasteiger charge is 2.19. The Labute approximate surface area is 145 Å². The summed E-state index contributed by atoms with van der Waals surface area (Å²) in [5.74, 6) is 1.07. The van der Waals surface area contributed by atoms with Crippen LogP contribution in [0.3, 0.4) is 0 Å². The van der Waals surface area contributed by atoms with E-state index in [2.05, 4.69) is 41.2 Å². The summed E-state index contributed by atoms with van der Waals surface area (Å²) < 4.78 is 7.38. The van der Waals surface area contributed by atoms with Gasteiger partial charge in [0.2, 0.25) is 5.82 Å². The van der Waals surface area contributed by atoms with Crippen LogP contribution in [0.5, 0.6) is 0 Å². The van der Waals surface area contributed by atoms with E-state index in [4.69, 9.17) is 4.52 Å². The van der Waals surface area contributed by atoms with Crippen LogP contribution in [0.4, 0.5) is 0 Å². The molecule has 0 aliphatic rings. The first-order valence-electron chi connectivity index (χ1n) is 8.19. The van der Waals surface area contributed by atoms with Gasteiger partial charge in [0, 0.05) is 11.1 Å². The summed E-state index contributed by atoms with van der Waals surface area (Å²) in [6.45, 7) is 8.33. The lowest BCUT2D eigenvalue weighted by molar-refractivity contribution is 0.358. The smallest absolute Gasteiger partial charge is 0.258 e. The summed E-state index contributed by atoms with van der Waals surface area (Å²) in [4.78, 5) is 4.54. The third-order valence-corrected chi connectivity index (χ3v) is 4.14. The molecule has 126 valence electrons. The van der Waals surface area contributed by atoms with Gasteiger partial charge in [-0.25, -0.2) is 4.68 Å². The quantitative estimate of drug-likeness (QED) is 0.549. The normalized spacial score (nSPS) is 12.0. The van der Waals surface area contributed by atoms with Crippen molar-refractivity contribution in [2.45, 2.75) is 33.2 Å². The number of hydrogen-bond acceptors (Lipinski definition) is 5. The van der Waals surface area contributed by atoms with Crippen LogP contribution in [0.15, 0.2) is 47.0 Å². The van der Waals surface area contributed by atoms with Crippen molar-refractivity contribution in [3.63, 3.8) is 0 Å². The van der Waals surface area contributed by atoms with E-state index in [1.54, 1.807) is 0 Å². The van der Waals surface area contributed by atoms with Gasteiger partial charge in [-0.15, -0.1) is 5.10 Å². The molecule has 0 unspecified atom stereocenters. The summed E-state index contributed by atoms with van der Waals surface area (Å²) in [7, 11) is 0. The summed E-state index contributed by atoms with van der Waals surface area (Å²) in [5.41, 5.74) is 4.58. The number of benzene rings is 2. The maximum absolute atomic E-state index is 5.47. The standard InChI is InChI=1S/C19H19N5O/c1-12-7-5-6-8-14(12)17-20-18(25-22-17)13-9-10-16-15(11-13)21-23-24(16)19(2,3)4/h5-11H,1-4H3. The van der Waals surface area contributed by atoms with Crippen LogP contribution in [0, 0.1) is 6.92 Å². The van der Waals surface area contributed by atoms with Crippen LogP contribution >= 0.6 is 0 Å². The Balaban J connectivity index is 1.75. The molecule has 0 aliphatic carbocycles. The third-order valence-electron chi connectivity index (χ3n) is 4.14. The van der Waals surface area contributed by atoms with E-state index in [1.165, 1.54) is 0 Å². The van der Waals surface area contributed by atoms with Gasteiger partial charge in [0.05, 0.1) is 11.1 Å². The maximum atomic E-state index is 5.47. The van der Waals surface area contributed by atoms with Gasteiger partial charge in [-0.2, -0.15) is 4.98 Å². The lowest BCUT2D eigenvalue weighted by Gasteiger charge is -2.19. The molecular formula is C19H19N5O. The lowest BCUT2D eigenvalue weighted by Crippen LogP contribution is -2.22. The molecule has 6 nitrogen and oxygen atoms in total. The van der Waals surface area contributed by atoms with E-state index in [-0.39, 0.29) is 5.54 Å². The molecule has 0 radical (unpaired) electrons. The van der Waals surface area contributed by atoms with Gasteiger partial charge in [0.1, 0.15) is 5.52 Å². The summed E-state index contributed by atoms with van der Waals surface area (Å²) in [6.07, 6.45) is 0. The van der Waals surface area contributed by atoms with Crippen LogP contribution in [0.2, 0.25) is 0 Å². The molecule has 25 heavy (non-hydrogen) atoms. The minimum atomic E-state index is -0.126. The topological polar surface area (TPSA) is 69.6 Å². The molecule has 4 aromatic rings. The van der Waals surface area contributed by atoms with E-state index in [0.717, 1.165) is 27.7 Å². The SMILES string of the molecule is Cc1ccccc1-c1noc(-c2ccc3c(c2)nnn3C(C)(C)C)n1. The second-order valence-electron chi connectivity index (χ2n) is 7.11. The predicted molar refractivity (Wildman–Crippen MR) is 96.0 cm³/mol. The van der Waals surface area contributed by atoms with Crippen molar-refractivity contribution in [3.05, 3.63) is 48.0 Å². The van der Waals surface area contributed by atoms with Crippen molar-refractivity contribution in [1.82, 2.24) is 25.1 Å². The molecule has 2 aromatic carbocycles. The maximum Gasteiger partial charge on any atom is 0.258 e. The molecule has 0 fully saturated rings. The molecule has 4 rings (SSSR count). The van der Waals surface area contributed by atoms with Gasteiger partial charge in [-0.1, -0.05) is 34.6 Å². The molecule has 0 amide bonds. The molecule has 6 heteroatoms. The van der Waals surface area contributed by atoms with E-state index in [1.807, 2.05) is 54.1 Å². The Bertz CT molecular complexity index is 1060. The number of hydrogen-bond donors (Lipinski definition) is 0. The van der Waals surface area contributed by atoms with E-state index < -0.39 is 0 Å². The minimum Gasteiger partial charge on any atom is -0.334 e. The molecule has 0 aliphatic heterocycles. The number of rotatable bonds is 2. The van der Waals surface area contributed by atoms with Crippen LogP contribution in [0.1, 0.15) is 26.3 Å². The van der Waals surface area contributed by atoms with Crippen LogP contribution in [-0.4, -0.2) is 25.1 Å². The molecular weight excluding hydrogens is 314 g/mol. The zero-order chi connectivity index (χ0) is 17.6. The van der Waals surface area contributed by atoms with Crippen molar-refractivity contribution >= 4 is 11.0 Å². The number of nitrogens with zero attached hydrogens (tertiary/aromatic N) is 5. The van der Waals surface area contributed by atoms with Crippen LogP contribution < -0.4 is 0 Å². The van der Waals surface area contributed by atoms with Crippen molar-refractivity contribution in [2.75, 3.05) is 0 Å². The summed E-state index contributed by atoms with van der Waals surface area (Å²) >= 11 is 0. The molecule has 2 heterocycles. The van der Waals surface area contributed by atoms with Crippen molar-refractivity contribution in [2.24, 2.45) is 0 Å². The van der Waals surface area contributed by atoms with Crippen LogP contribution in [0.25, 0.3) is 33.9 Å². The predicted octanol–water partition coefficient (Wildman–Crippen LogP) is 4.21. The highest BCUT2D eigenvalue weighted by atomic mass is 16.5. The van der Waals surface area contributed by atoms with Crippen molar-refractivity contribution in [3.8, 4) is 22.8 Å². The molecule has 0 saturated heterocycles. The Morgan fingerprint density at radius 2 is 1.84 bits per heavy atom. The van der Waals surface area contributed by atoms with E-state index in [0.29, 0.717) is 11.7 Å². The first kappa shape index (κ1) is 15.5. The second kappa shape index (κ2) is 5.51. The fourth-order valence-electron chi connectivity index (χ4n) is 2.83. The van der Waals surface area contributed by atoms with Gasteiger partial charge in [0.15, 0.2) is 0 Å². The first-order chi connectivity index (χ1) is 11.9. The van der Waals surface area contributed by atoms with E-state index in [9.17, 15) is 0 Å². The molecule has 0 N–H and O–H groups in total. The Hall–Kier alpha value is -3.02. The molecule has 2 aromatic heterocycles. The first-order valence-corrected chi connectivity index (χ1v) is 8.19. The van der Waals surface area contributed by atoms with Gasteiger partial charge < -0.3 is 4.52 Å². The number of fused-ring (bicyclic) bond motifs is 1. The largest absolute Gasteiger partial charge is 0.334 e. The van der Waals surface area contributed by atoms with Gasteiger partial charge in [-0.3, -0.25) is 0 Å². The molecule has 0 atom stereocenters. The highest BCUT2D eigenvalue weighted by Crippen LogP contribution is 2.27. The average molecular weight is 333 g/mol. The van der Waals surface area contributed by atoms with Crippen molar-refractivity contribution < 1.29 is 4.52 Å². The third kappa shape index (κ3) is 2.69. The Morgan fingerprint density at radius 3 is 2.60 bits per heavy atom.